The largest absolute Gasteiger partial charge is 0.329 e. The Kier molecular flexibility index (Phi) is 6.21. The summed E-state index contributed by atoms with van der Waals surface area (Å²) in [5.41, 5.74) is 9.04. The number of fused-ring (bicyclic) bond motifs is 1. The molecule has 1 aliphatic rings. The fourth-order valence-corrected chi connectivity index (χ4v) is 3.58. The van der Waals surface area contributed by atoms with Gasteiger partial charge in [0, 0.05) is 19.1 Å². The first-order valence-electron chi connectivity index (χ1n) is 7.43. The average Bonchev–Trinajstić information content (AvgIpc) is 2.66. The molecule has 3 heteroatoms. The number of thioether (sulfide) groups is 1. The maximum absolute atomic E-state index is 6.01. The van der Waals surface area contributed by atoms with Crippen molar-refractivity contribution in [1.82, 2.24) is 4.90 Å². The molecule has 2 nitrogen and oxygen atoms in total. The number of hydrogen-bond acceptors (Lipinski definition) is 3. The van der Waals surface area contributed by atoms with Crippen molar-refractivity contribution in [2.45, 2.75) is 38.8 Å². The van der Waals surface area contributed by atoms with Crippen molar-refractivity contribution in [3.63, 3.8) is 0 Å². The van der Waals surface area contributed by atoms with Crippen molar-refractivity contribution in [2.24, 2.45) is 5.73 Å². The molecule has 0 aromatic heterocycles. The molecule has 1 aliphatic heterocycles. The molecule has 1 aromatic carbocycles. The summed E-state index contributed by atoms with van der Waals surface area (Å²) in [7, 11) is 0. The third-order valence-corrected chi connectivity index (χ3v) is 4.90. The molecule has 0 spiro atoms. The second kappa shape index (κ2) is 7.93. The zero-order chi connectivity index (χ0) is 13.5. The Morgan fingerprint density at radius 3 is 2.84 bits per heavy atom. The Morgan fingerprint density at radius 1 is 1.32 bits per heavy atom. The molecule has 0 radical (unpaired) electrons. The van der Waals surface area contributed by atoms with Gasteiger partial charge < -0.3 is 5.73 Å². The highest BCUT2D eigenvalue weighted by Crippen LogP contribution is 2.21. The standard InChI is InChI=1S/C16H26N2S/c1-2-19-11-9-16(12-17)18-10-5-8-14-6-3-4-7-15(14)13-18/h3-4,6-7,16H,2,5,8-13,17H2,1H3. The molecule has 1 unspecified atom stereocenters. The van der Waals surface area contributed by atoms with E-state index in [0.29, 0.717) is 6.04 Å². The van der Waals surface area contributed by atoms with Crippen LogP contribution in [0.5, 0.6) is 0 Å². The van der Waals surface area contributed by atoms with Crippen LogP contribution in [0.1, 0.15) is 30.9 Å². The van der Waals surface area contributed by atoms with Gasteiger partial charge in [0.2, 0.25) is 0 Å². The van der Waals surface area contributed by atoms with Gasteiger partial charge in [0.25, 0.3) is 0 Å². The molecule has 0 bridgehead atoms. The lowest BCUT2D eigenvalue weighted by Gasteiger charge is -2.30. The number of aryl methyl sites for hydroxylation is 1. The van der Waals surface area contributed by atoms with Crippen LogP contribution < -0.4 is 5.73 Å². The monoisotopic (exact) mass is 278 g/mol. The highest BCUT2D eigenvalue weighted by Gasteiger charge is 2.20. The van der Waals surface area contributed by atoms with Crippen LogP contribution in [0.4, 0.5) is 0 Å². The molecule has 0 fully saturated rings. The smallest absolute Gasteiger partial charge is 0.0239 e. The lowest BCUT2D eigenvalue weighted by molar-refractivity contribution is 0.190. The first-order chi connectivity index (χ1) is 9.35. The van der Waals surface area contributed by atoms with E-state index < -0.39 is 0 Å². The zero-order valence-electron chi connectivity index (χ0n) is 12.0. The SMILES string of the molecule is CCSCCC(CN)N1CCCc2ccccc2C1. The molecule has 2 N–H and O–H groups in total. The van der Waals surface area contributed by atoms with Crippen molar-refractivity contribution in [3.05, 3.63) is 35.4 Å². The summed E-state index contributed by atoms with van der Waals surface area (Å²) in [5.74, 6) is 2.44. The third kappa shape index (κ3) is 4.23. The Balaban J connectivity index is 1.99. The van der Waals surface area contributed by atoms with Gasteiger partial charge >= 0.3 is 0 Å². The number of benzene rings is 1. The van der Waals surface area contributed by atoms with E-state index in [9.17, 15) is 0 Å². The molecular weight excluding hydrogens is 252 g/mol. The molecule has 106 valence electrons. The van der Waals surface area contributed by atoms with Gasteiger partial charge in [-0.25, -0.2) is 0 Å². The lowest BCUT2D eigenvalue weighted by Crippen LogP contribution is -2.40. The van der Waals surface area contributed by atoms with Crippen molar-refractivity contribution in [1.29, 1.82) is 0 Å². The van der Waals surface area contributed by atoms with Gasteiger partial charge in [-0.15, -0.1) is 0 Å². The highest BCUT2D eigenvalue weighted by atomic mass is 32.2. The van der Waals surface area contributed by atoms with Crippen LogP contribution in [0.2, 0.25) is 0 Å². The molecule has 0 saturated heterocycles. The minimum atomic E-state index is 0.546. The quantitative estimate of drug-likeness (QED) is 0.811. The fraction of sp³-hybridized carbons (Fsp3) is 0.625. The molecule has 0 saturated carbocycles. The summed E-state index contributed by atoms with van der Waals surface area (Å²) in [6.45, 7) is 5.28. The van der Waals surface area contributed by atoms with Gasteiger partial charge in [0.15, 0.2) is 0 Å². The lowest BCUT2D eigenvalue weighted by atomic mass is 10.0. The van der Waals surface area contributed by atoms with Crippen LogP contribution >= 0.6 is 11.8 Å². The number of hydrogen-bond donors (Lipinski definition) is 1. The first kappa shape index (κ1) is 14.9. The van der Waals surface area contributed by atoms with E-state index >= 15 is 0 Å². The van der Waals surface area contributed by atoms with Crippen molar-refractivity contribution in [3.8, 4) is 0 Å². The van der Waals surface area contributed by atoms with E-state index in [-0.39, 0.29) is 0 Å². The fourth-order valence-electron chi connectivity index (χ4n) is 2.85. The third-order valence-electron chi connectivity index (χ3n) is 3.97. The highest BCUT2D eigenvalue weighted by molar-refractivity contribution is 7.99. The normalized spacial score (nSPS) is 17.8. The van der Waals surface area contributed by atoms with Crippen LogP contribution in [-0.2, 0) is 13.0 Å². The molecule has 2 rings (SSSR count). The summed E-state index contributed by atoms with van der Waals surface area (Å²) in [6, 6.07) is 9.43. The van der Waals surface area contributed by atoms with E-state index in [0.717, 1.165) is 13.1 Å². The molecule has 0 amide bonds. The predicted molar refractivity (Wildman–Crippen MR) is 85.6 cm³/mol. The topological polar surface area (TPSA) is 29.3 Å². The minimum absolute atomic E-state index is 0.546. The second-order valence-electron chi connectivity index (χ2n) is 5.22. The van der Waals surface area contributed by atoms with E-state index in [2.05, 4.69) is 36.1 Å². The number of nitrogens with zero attached hydrogens (tertiary/aromatic N) is 1. The van der Waals surface area contributed by atoms with Crippen molar-refractivity contribution >= 4 is 11.8 Å². The van der Waals surface area contributed by atoms with E-state index in [4.69, 9.17) is 5.73 Å². The molecule has 1 aromatic rings. The van der Waals surface area contributed by atoms with E-state index in [1.807, 2.05) is 11.8 Å². The van der Waals surface area contributed by atoms with Gasteiger partial charge in [0.1, 0.15) is 0 Å². The van der Waals surface area contributed by atoms with Crippen LogP contribution in [0.15, 0.2) is 24.3 Å². The summed E-state index contributed by atoms with van der Waals surface area (Å²) in [4.78, 5) is 2.60. The molecule has 1 heterocycles. The van der Waals surface area contributed by atoms with Crippen LogP contribution in [0.3, 0.4) is 0 Å². The average molecular weight is 278 g/mol. The molecular formula is C16H26N2S. The van der Waals surface area contributed by atoms with E-state index in [1.165, 1.54) is 48.4 Å². The molecule has 1 atom stereocenters. The number of rotatable bonds is 6. The summed E-state index contributed by atoms with van der Waals surface area (Å²) in [5, 5.41) is 0. The summed E-state index contributed by atoms with van der Waals surface area (Å²) < 4.78 is 0. The zero-order valence-corrected chi connectivity index (χ0v) is 12.8. The maximum atomic E-state index is 6.01. The van der Waals surface area contributed by atoms with E-state index in [1.54, 1.807) is 0 Å². The Labute approximate surface area is 121 Å². The first-order valence-corrected chi connectivity index (χ1v) is 8.59. The number of nitrogens with two attached hydrogens (primary N) is 1. The van der Waals surface area contributed by atoms with Gasteiger partial charge in [-0.2, -0.15) is 11.8 Å². The van der Waals surface area contributed by atoms with Crippen LogP contribution in [0.25, 0.3) is 0 Å². The predicted octanol–water partition coefficient (Wildman–Crippen LogP) is 2.91. The van der Waals surface area contributed by atoms with Crippen LogP contribution in [0, 0.1) is 0 Å². The Bertz CT molecular complexity index is 381. The Morgan fingerprint density at radius 2 is 2.11 bits per heavy atom. The van der Waals surface area contributed by atoms with Gasteiger partial charge in [-0.1, -0.05) is 31.2 Å². The van der Waals surface area contributed by atoms with Crippen molar-refractivity contribution < 1.29 is 0 Å². The van der Waals surface area contributed by atoms with Gasteiger partial charge in [0.05, 0.1) is 0 Å². The second-order valence-corrected chi connectivity index (χ2v) is 6.61. The van der Waals surface area contributed by atoms with Gasteiger partial charge in [-0.05, 0) is 48.4 Å². The summed E-state index contributed by atoms with van der Waals surface area (Å²) in [6.07, 6.45) is 3.69. The van der Waals surface area contributed by atoms with Crippen molar-refractivity contribution in [2.75, 3.05) is 24.6 Å². The molecule has 19 heavy (non-hydrogen) atoms. The van der Waals surface area contributed by atoms with Gasteiger partial charge in [-0.3, -0.25) is 4.90 Å². The molecule has 0 aliphatic carbocycles. The Hall–Kier alpha value is -0.510. The maximum Gasteiger partial charge on any atom is 0.0239 e. The van der Waals surface area contributed by atoms with Crippen LogP contribution in [-0.4, -0.2) is 35.5 Å². The minimum Gasteiger partial charge on any atom is -0.329 e. The summed E-state index contributed by atoms with van der Waals surface area (Å²) >= 11 is 2.02.